The largest absolute Gasteiger partial charge is 0.481 e. The fourth-order valence-electron chi connectivity index (χ4n) is 2.84. The predicted molar refractivity (Wildman–Crippen MR) is 148 cm³/mol. The molecule has 2 amide bonds. The normalized spacial score (nSPS) is 11.5. The first-order valence-corrected chi connectivity index (χ1v) is 12.4. The number of carbonyl (C=O) groups excluding carboxylic acids is 2. The van der Waals surface area contributed by atoms with Crippen LogP contribution < -0.4 is 10.6 Å². The van der Waals surface area contributed by atoms with Crippen molar-refractivity contribution in [3.05, 3.63) is 95.6 Å². The van der Waals surface area contributed by atoms with Gasteiger partial charge in [-0.25, -0.2) is 0 Å². The number of aliphatic carboxylic acids is 1. The number of benzene rings is 3. The summed E-state index contributed by atoms with van der Waals surface area (Å²) in [5, 5.41) is 13.9. The van der Waals surface area contributed by atoms with Crippen molar-refractivity contribution in [2.45, 2.75) is 40.5 Å². The van der Waals surface area contributed by atoms with Crippen LogP contribution in [-0.4, -0.2) is 22.9 Å². The lowest BCUT2D eigenvalue weighted by Gasteiger charge is -2.10. The molecule has 37 heavy (non-hydrogen) atoms. The molecule has 3 aromatic carbocycles. The van der Waals surface area contributed by atoms with Crippen molar-refractivity contribution in [1.29, 1.82) is 0 Å². The lowest BCUT2D eigenvalue weighted by atomic mass is 10.1. The fraction of sp³-hybridized carbons (Fsp3) is 0.258. The number of carboxylic acids is 1. The van der Waals surface area contributed by atoms with Crippen LogP contribution in [0.1, 0.15) is 62.0 Å². The Labute approximate surface area is 219 Å². The Hall–Kier alpha value is -4.37. The number of nitrogens with one attached hydrogen (secondary N) is 2. The predicted octanol–water partition coefficient (Wildman–Crippen LogP) is 6.44. The lowest BCUT2D eigenvalue weighted by Crippen LogP contribution is -2.19. The summed E-state index contributed by atoms with van der Waals surface area (Å²) in [6, 6.07) is 24.0. The molecule has 0 spiro atoms. The molecular weight excluding hydrogens is 464 g/mol. The smallest absolute Gasteiger partial charge is 0.306 e. The first kappa shape index (κ1) is 28.9. The zero-order chi connectivity index (χ0) is 27.2. The minimum absolute atomic E-state index is 0.0230. The van der Waals surface area contributed by atoms with Gasteiger partial charge in [-0.15, -0.1) is 0 Å². The standard InChI is InChI=1S/C26H24N2O2.C5H10O2/c1-3-19(2)25(29)27-24-17-13-22(14-18-24)26(30)28-23-15-11-21(12-16-23)10-9-20-7-5-4-6-8-20;1-3-4(2)5(6)7/h4-8,11-19H,3H2,1-2H3,(H,27,29)(H,28,30);4H,3H2,1-2H3,(H,6,7). The minimum Gasteiger partial charge on any atom is -0.481 e. The molecule has 3 rings (SSSR count). The highest BCUT2D eigenvalue weighted by Crippen LogP contribution is 2.15. The molecule has 2 atom stereocenters. The maximum Gasteiger partial charge on any atom is 0.306 e. The summed E-state index contributed by atoms with van der Waals surface area (Å²) >= 11 is 0. The van der Waals surface area contributed by atoms with Gasteiger partial charge in [-0.2, -0.15) is 0 Å². The maximum absolute atomic E-state index is 12.5. The second-order valence-electron chi connectivity index (χ2n) is 8.67. The Morgan fingerprint density at radius 3 is 1.68 bits per heavy atom. The topological polar surface area (TPSA) is 95.5 Å². The van der Waals surface area contributed by atoms with Gasteiger partial charge in [0.2, 0.25) is 5.91 Å². The van der Waals surface area contributed by atoms with Crippen molar-refractivity contribution in [2.24, 2.45) is 11.8 Å². The molecule has 0 aliphatic carbocycles. The Kier molecular flexibility index (Phi) is 11.6. The molecule has 0 radical (unpaired) electrons. The van der Waals surface area contributed by atoms with Crippen LogP contribution in [0, 0.1) is 23.7 Å². The molecule has 6 heteroatoms. The Morgan fingerprint density at radius 2 is 1.19 bits per heavy atom. The molecule has 0 bridgehead atoms. The van der Waals surface area contributed by atoms with Crippen LogP contribution in [-0.2, 0) is 9.59 Å². The van der Waals surface area contributed by atoms with E-state index in [4.69, 9.17) is 5.11 Å². The average Bonchev–Trinajstić information content (AvgIpc) is 2.92. The number of carboxylic acid groups (broad SMARTS) is 1. The highest BCUT2D eigenvalue weighted by Gasteiger charge is 2.11. The quantitative estimate of drug-likeness (QED) is 0.327. The summed E-state index contributed by atoms with van der Waals surface area (Å²) in [7, 11) is 0. The maximum atomic E-state index is 12.5. The molecule has 0 saturated carbocycles. The van der Waals surface area contributed by atoms with E-state index in [2.05, 4.69) is 22.5 Å². The Morgan fingerprint density at radius 1 is 0.703 bits per heavy atom. The number of hydrogen-bond acceptors (Lipinski definition) is 3. The molecule has 0 fully saturated rings. The molecule has 0 aliphatic heterocycles. The van der Waals surface area contributed by atoms with Gasteiger partial charge in [-0.3, -0.25) is 14.4 Å². The molecule has 0 aromatic heterocycles. The molecule has 3 N–H and O–H groups in total. The first-order valence-electron chi connectivity index (χ1n) is 12.4. The van der Waals surface area contributed by atoms with E-state index < -0.39 is 5.97 Å². The zero-order valence-corrected chi connectivity index (χ0v) is 21.7. The zero-order valence-electron chi connectivity index (χ0n) is 21.7. The van der Waals surface area contributed by atoms with Gasteiger partial charge >= 0.3 is 5.97 Å². The van der Waals surface area contributed by atoms with Crippen LogP contribution in [0.4, 0.5) is 11.4 Å². The van der Waals surface area contributed by atoms with E-state index in [1.165, 1.54) is 0 Å². The van der Waals surface area contributed by atoms with Crippen molar-refractivity contribution in [2.75, 3.05) is 10.6 Å². The number of hydrogen-bond donors (Lipinski definition) is 3. The van der Waals surface area contributed by atoms with Crippen molar-refractivity contribution in [3.8, 4) is 11.8 Å². The number of amides is 2. The van der Waals surface area contributed by atoms with Crippen LogP contribution in [0.15, 0.2) is 78.9 Å². The summed E-state index contributed by atoms with van der Waals surface area (Å²) in [6.45, 7) is 7.41. The van der Waals surface area contributed by atoms with Crippen molar-refractivity contribution >= 4 is 29.2 Å². The molecule has 2 unspecified atom stereocenters. The van der Waals surface area contributed by atoms with E-state index in [9.17, 15) is 14.4 Å². The highest BCUT2D eigenvalue weighted by atomic mass is 16.4. The monoisotopic (exact) mass is 498 g/mol. The fourth-order valence-corrected chi connectivity index (χ4v) is 2.84. The minimum atomic E-state index is -0.706. The van der Waals surface area contributed by atoms with E-state index in [-0.39, 0.29) is 23.7 Å². The number of anilines is 2. The summed E-state index contributed by atoms with van der Waals surface area (Å²) < 4.78 is 0. The lowest BCUT2D eigenvalue weighted by molar-refractivity contribution is -0.141. The van der Waals surface area contributed by atoms with Crippen LogP contribution >= 0.6 is 0 Å². The van der Waals surface area contributed by atoms with Crippen LogP contribution in [0.3, 0.4) is 0 Å². The first-order chi connectivity index (χ1) is 17.7. The molecule has 0 heterocycles. The molecule has 6 nitrogen and oxygen atoms in total. The third-order valence-corrected chi connectivity index (χ3v) is 5.78. The molecule has 0 saturated heterocycles. The van der Waals surface area contributed by atoms with Crippen LogP contribution in [0.25, 0.3) is 0 Å². The summed E-state index contributed by atoms with van der Waals surface area (Å²) in [4.78, 5) is 34.4. The van der Waals surface area contributed by atoms with Gasteiger partial charge in [-0.1, -0.05) is 57.7 Å². The van der Waals surface area contributed by atoms with E-state index in [0.29, 0.717) is 16.9 Å². The van der Waals surface area contributed by atoms with Gasteiger partial charge in [0.05, 0.1) is 5.92 Å². The van der Waals surface area contributed by atoms with E-state index in [1.54, 1.807) is 31.2 Å². The highest BCUT2D eigenvalue weighted by molar-refractivity contribution is 6.04. The second kappa shape index (κ2) is 14.9. The molecule has 192 valence electrons. The van der Waals surface area contributed by atoms with E-state index >= 15 is 0 Å². The average molecular weight is 499 g/mol. The Bertz CT molecular complexity index is 1220. The third-order valence-electron chi connectivity index (χ3n) is 5.78. The summed E-state index contributed by atoms with van der Waals surface area (Å²) in [5.74, 6) is 5.05. The van der Waals surface area contributed by atoms with Crippen LogP contribution in [0.2, 0.25) is 0 Å². The van der Waals surface area contributed by atoms with Crippen molar-refractivity contribution in [1.82, 2.24) is 0 Å². The van der Waals surface area contributed by atoms with Crippen molar-refractivity contribution < 1.29 is 19.5 Å². The van der Waals surface area contributed by atoms with Gasteiger partial charge in [0.25, 0.3) is 5.91 Å². The Balaban J connectivity index is 0.000000604. The molecule has 0 aliphatic rings. The third kappa shape index (κ3) is 10.0. The van der Waals surface area contributed by atoms with Crippen molar-refractivity contribution in [3.63, 3.8) is 0 Å². The van der Waals surface area contributed by atoms with Gasteiger partial charge in [0.15, 0.2) is 0 Å². The van der Waals surface area contributed by atoms with E-state index in [1.807, 2.05) is 75.4 Å². The van der Waals surface area contributed by atoms with Gasteiger partial charge in [0, 0.05) is 34.0 Å². The van der Waals surface area contributed by atoms with Gasteiger partial charge < -0.3 is 15.7 Å². The number of rotatable bonds is 7. The van der Waals surface area contributed by atoms with Gasteiger partial charge in [-0.05, 0) is 73.5 Å². The van der Waals surface area contributed by atoms with Gasteiger partial charge in [0.1, 0.15) is 0 Å². The summed E-state index contributed by atoms with van der Waals surface area (Å²) in [6.07, 6.45) is 1.50. The number of carbonyl (C=O) groups is 3. The second-order valence-corrected chi connectivity index (χ2v) is 8.67. The van der Waals surface area contributed by atoms with Crippen LogP contribution in [0.5, 0.6) is 0 Å². The summed E-state index contributed by atoms with van der Waals surface area (Å²) in [5.41, 5.74) is 3.72. The molecule has 3 aromatic rings. The van der Waals surface area contributed by atoms with E-state index in [0.717, 1.165) is 24.0 Å². The molecular formula is C31H34N2O4. The SMILES string of the molecule is CCC(C)C(=O)Nc1ccc(C(=O)Nc2ccc(C#Cc3ccccc3)cc2)cc1.CCC(C)C(=O)O.